The van der Waals surface area contributed by atoms with E-state index in [-0.39, 0.29) is 10.8 Å². The molecule has 0 radical (unpaired) electrons. The van der Waals surface area contributed by atoms with Crippen LogP contribution in [0.5, 0.6) is 5.75 Å². The highest BCUT2D eigenvalue weighted by molar-refractivity contribution is 7.99. The molecule has 0 spiro atoms. The van der Waals surface area contributed by atoms with Gasteiger partial charge in [0.15, 0.2) is 5.82 Å². The Morgan fingerprint density at radius 3 is 2.64 bits per heavy atom. The minimum Gasteiger partial charge on any atom is -0.497 e. The highest BCUT2D eigenvalue weighted by Gasteiger charge is 2.18. The van der Waals surface area contributed by atoms with Gasteiger partial charge in [0.05, 0.1) is 23.3 Å². The SMILES string of the molecule is COc1ccc(-c2nnc(S[C@@H](C)c3nc4ccccc4c(=O)[nH]3)n2N)cc1. The Morgan fingerprint density at radius 2 is 1.89 bits per heavy atom. The van der Waals surface area contributed by atoms with E-state index >= 15 is 0 Å². The molecule has 0 unspecified atom stereocenters. The zero-order valence-corrected chi connectivity index (χ0v) is 16.1. The number of methoxy groups -OCH3 is 1. The van der Waals surface area contributed by atoms with Crippen molar-refractivity contribution in [2.45, 2.75) is 17.3 Å². The predicted octanol–water partition coefficient (Wildman–Crippen LogP) is 2.76. The number of benzene rings is 2. The highest BCUT2D eigenvalue weighted by Crippen LogP contribution is 2.33. The second-order valence-corrected chi connectivity index (χ2v) is 7.44. The molecule has 9 heteroatoms. The number of rotatable bonds is 5. The van der Waals surface area contributed by atoms with Crippen molar-refractivity contribution in [2.75, 3.05) is 13.0 Å². The van der Waals surface area contributed by atoms with E-state index in [0.717, 1.165) is 11.3 Å². The van der Waals surface area contributed by atoms with Gasteiger partial charge in [-0.15, -0.1) is 10.2 Å². The van der Waals surface area contributed by atoms with Crippen LogP contribution in [0.1, 0.15) is 18.0 Å². The van der Waals surface area contributed by atoms with Crippen LogP contribution in [0.3, 0.4) is 0 Å². The lowest BCUT2D eigenvalue weighted by molar-refractivity contribution is 0.415. The van der Waals surface area contributed by atoms with Crippen molar-refractivity contribution >= 4 is 22.7 Å². The Balaban J connectivity index is 1.61. The maximum absolute atomic E-state index is 12.3. The lowest BCUT2D eigenvalue weighted by atomic mass is 10.2. The van der Waals surface area contributed by atoms with E-state index in [1.165, 1.54) is 16.4 Å². The summed E-state index contributed by atoms with van der Waals surface area (Å²) in [6.45, 7) is 1.93. The van der Waals surface area contributed by atoms with Crippen LogP contribution in [0.4, 0.5) is 0 Å². The van der Waals surface area contributed by atoms with E-state index < -0.39 is 0 Å². The number of hydrogen-bond donors (Lipinski definition) is 2. The standard InChI is InChI=1S/C19H18N6O2S/c1-11(16-21-15-6-4-3-5-14(15)18(26)22-16)28-19-24-23-17(25(19)20)12-7-9-13(27-2)10-8-12/h3-11H,20H2,1-2H3,(H,21,22,26)/t11-/m0/s1. The summed E-state index contributed by atoms with van der Waals surface area (Å²) in [6, 6.07) is 14.6. The first-order valence-electron chi connectivity index (χ1n) is 8.57. The topological polar surface area (TPSA) is 112 Å². The van der Waals surface area contributed by atoms with E-state index in [2.05, 4.69) is 20.2 Å². The van der Waals surface area contributed by atoms with Crippen molar-refractivity contribution in [3.8, 4) is 17.1 Å². The van der Waals surface area contributed by atoms with Crippen molar-refractivity contribution in [2.24, 2.45) is 0 Å². The summed E-state index contributed by atoms with van der Waals surface area (Å²) >= 11 is 1.37. The fourth-order valence-corrected chi connectivity index (χ4v) is 3.63. The molecule has 4 rings (SSSR count). The smallest absolute Gasteiger partial charge is 0.258 e. The zero-order chi connectivity index (χ0) is 19.7. The summed E-state index contributed by atoms with van der Waals surface area (Å²) in [5, 5.41) is 9.29. The Kier molecular flexibility index (Phi) is 4.74. The number of nitrogen functional groups attached to an aromatic ring is 1. The number of nitrogens with one attached hydrogen (secondary N) is 1. The number of ether oxygens (including phenoxy) is 1. The third kappa shape index (κ3) is 3.31. The summed E-state index contributed by atoms with van der Waals surface area (Å²) in [4.78, 5) is 19.7. The number of nitrogens with zero attached hydrogens (tertiary/aromatic N) is 4. The Labute approximate surface area is 164 Å². The average Bonchev–Trinajstić information content (AvgIpc) is 3.08. The van der Waals surface area contributed by atoms with Crippen LogP contribution in [0.15, 0.2) is 58.5 Å². The molecule has 3 N–H and O–H groups in total. The second kappa shape index (κ2) is 7.35. The van der Waals surface area contributed by atoms with Gasteiger partial charge in [0, 0.05) is 5.56 Å². The fourth-order valence-electron chi connectivity index (χ4n) is 2.81. The van der Waals surface area contributed by atoms with Gasteiger partial charge in [-0.2, -0.15) is 0 Å². The number of H-pyrrole nitrogens is 1. The fraction of sp³-hybridized carbons (Fsp3) is 0.158. The van der Waals surface area contributed by atoms with Gasteiger partial charge in [-0.25, -0.2) is 9.66 Å². The molecule has 0 saturated heterocycles. The summed E-state index contributed by atoms with van der Waals surface area (Å²) in [5.41, 5.74) is 1.32. The number of nitrogens with two attached hydrogens (primary N) is 1. The molecule has 1 atom stereocenters. The molecule has 2 aromatic carbocycles. The zero-order valence-electron chi connectivity index (χ0n) is 15.3. The van der Waals surface area contributed by atoms with Gasteiger partial charge in [-0.05, 0) is 43.3 Å². The summed E-state index contributed by atoms with van der Waals surface area (Å²) in [7, 11) is 1.61. The molecule has 0 saturated carbocycles. The summed E-state index contributed by atoms with van der Waals surface area (Å²) in [5.74, 6) is 8.05. The quantitative estimate of drug-likeness (QED) is 0.395. The third-order valence-electron chi connectivity index (χ3n) is 4.31. The lowest BCUT2D eigenvalue weighted by Gasteiger charge is -2.11. The van der Waals surface area contributed by atoms with Crippen LogP contribution in [0, 0.1) is 0 Å². The van der Waals surface area contributed by atoms with Gasteiger partial charge in [0.25, 0.3) is 5.56 Å². The molecule has 4 aromatic rings. The van der Waals surface area contributed by atoms with Crippen LogP contribution in [-0.2, 0) is 0 Å². The maximum atomic E-state index is 12.3. The molecule has 2 heterocycles. The number of thioether (sulfide) groups is 1. The lowest BCUT2D eigenvalue weighted by Crippen LogP contribution is -2.14. The van der Waals surface area contributed by atoms with Crippen LogP contribution < -0.4 is 16.1 Å². The molecular weight excluding hydrogens is 376 g/mol. The minimum atomic E-state index is -0.174. The number of hydrogen-bond acceptors (Lipinski definition) is 7. The van der Waals surface area contributed by atoms with Crippen molar-refractivity contribution in [1.29, 1.82) is 0 Å². The molecule has 8 nitrogen and oxygen atoms in total. The van der Waals surface area contributed by atoms with Gasteiger partial charge < -0.3 is 15.6 Å². The monoisotopic (exact) mass is 394 g/mol. The first-order valence-corrected chi connectivity index (χ1v) is 9.45. The Morgan fingerprint density at radius 1 is 1.14 bits per heavy atom. The molecule has 0 bridgehead atoms. The number of aromatic amines is 1. The van der Waals surface area contributed by atoms with Crippen molar-refractivity contribution in [3.05, 3.63) is 64.7 Å². The largest absolute Gasteiger partial charge is 0.497 e. The van der Waals surface area contributed by atoms with Crippen LogP contribution in [-0.4, -0.2) is 32.0 Å². The highest BCUT2D eigenvalue weighted by atomic mass is 32.2. The number of para-hydroxylation sites is 1. The molecule has 0 amide bonds. The molecule has 28 heavy (non-hydrogen) atoms. The van der Waals surface area contributed by atoms with Gasteiger partial charge in [0.2, 0.25) is 5.16 Å². The third-order valence-corrected chi connectivity index (χ3v) is 5.38. The van der Waals surface area contributed by atoms with Crippen LogP contribution in [0.25, 0.3) is 22.3 Å². The Bertz CT molecular complexity index is 1190. The molecule has 142 valence electrons. The van der Waals surface area contributed by atoms with Crippen molar-refractivity contribution in [1.82, 2.24) is 24.8 Å². The van der Waals surface area contributed by atoms with Crippen LogP contribution >= 0.6 is 11.8 Å². The first kappa shape index (κ1) is 18.1. The minimum absolute atomic E-state index is 0.166. The normalized spacial score (nSPS) is 12.2. The molecule has 0 aliphatic rings. The van der Waals surface area contributed by atoms with Gasteiger partial charge in [-0.1, -0.05) is 23.9 Å². The van der Waals surface area contributed by atoms with Gasteiger partial charge in [-0.3, -0.25) is 4.79 Å². The van der Waals surface area contributed by atoms with E-state index in [1.54, 1.807) is 13.2 Å². The molecular formula is C19H18N6O2S. The first-order chi connectivity index (χ1) is 13.6. The molecule has 2 aromatic heterocycles. The summed E-state index contributed by atoms with van der Waals surface area (Å²) in [6.07, 6.45) is 0. The van der Waals surface area contributed by atoms with E-state index in [0.29, 0.717) is 27.7 Å². The van der Waals surface area contributed by atoms with Gasteiger partial charge in [0.1, 0.15) is 11.6 Å². The number of aromatic nitrogens is 5. The van der Waals surface area contributed by atoms with E-state index in [4.69, 9.17) is 10.6 Å². The second-order valence-electron chi connectivity index (χ2n) is 6.13. The number of fused-ring (bicyclic) bond motifs is 1. The van der Waals surface area contributed by atoms with Crippen molar-refractivity contribution < 1.29 is 4.74 Å². The van der Waals surface area contributed by atoms with E-state index in [9.17, 15) is 4.79 Å². The van der Waals surface area contributed by atoms with Gasteiger partial charge >= 0.3 is 0 Å². The van der Waals surface area contributed by atoms with E-state index in [1.807, 2.05) is 49.4 Å². The molecule has 0 aliphatic heterocycles. The van der Waals surface area contributed by atoms with Crippen LogP contribution in [0.2, 0.25) is 0 Å². The Hall–Kier alpha value is -3.33. The summed E-state index contributed by atoms with van der Waals surface area (Å²) < 4.78 is 6.60. The maximum Gasteiger partial charge on any atom is 0.258 e. The predicted molar refractivity (Wildman–Crippen MR) is 109 cm³/mol. The van der Waals surface area contributed by atoms with Crippen molar-refractivity contribution in [3.63, 3.8) is 0 Å². The molecule has 0 aliphatic carbocycles. The molecule has 0 fully saturated rings. The average molecular weight is 394 g/mol.